The molecule has 0 aliphatic heterocycles. The van der Waals surface area contributed by atoms with Gasteiger partial charge in [0, 0.05) is 12.6 Å². The molecule has 0 aromatic heterocycles. The van der Waals surface area contributed by atoms with E-state index in [9.17, 15) is 8.42 Å². The second-order valence-corrected chi connectivity index (χ2v) is 7.89. The fourth-order valence-corrected chi connectivity index (χ4v) is 3.52. The first kappa shape index (κ1) is 19.5. The SMILES string of the molecule is Cc1ccc(S(=O)(=O)Oc2ccccc2N(C)CC#Cc2ccccc2)cc1. The Morgan fingerprint density at radius 1 is 0.893 bits per heavy atom. The van der Waals surface area contributed by atoms with Crippen LogP contribution in [0, 0.1) is 18.8 Å². The van der Waals surface area contributed by atoms with Crippen molar-refractivity contribution in [2.45, 2.75) is 11.8 Å². The molecule has 0 N–H and O–H groups in total. The van der Waals surface area contributed by atoms with E-state index in [1.807, 2.05) is 61.3 Å². The fraction of sp³-hybridized carbons (Fsp3) is 0.130. The maximum atomic E-state index is 12.6. The van der Waals surface area contributed by atoms with Crippen LogP contribution in [0.2, 0.25) is 0 Å². The summed E-state index contributed by atoms with van der Waals surface area (Å²) in [4.78, 5) is 1.98. The molecular formula is C23H21NO3S. The van der Waals surface area contributed by atoms with Crippen molar-refractivity contribution in [3.8, 4) is 17.6 Å². The van der Waals surface area contributed by atoms with Crippen LogP contribution >= 0.6 is 0 Å². The van der Waals surface area contributed by atoms with Crippen molar-refractivity contribution in [1.29, 1.82) is 0 Å². The first-order chi connectivity index (χ1) is 13.5. The molecule has 3 rings (SSSR count). The van der Waals surface area contributed by atoms with E-state index in [1.165, 1.54) is 0 Å². The largest absolute Gasteiger partial charge is 0.377 e. The van der Waals surface area contributed by atoms with Crippen LogP contribution in [-0.2, 0) is 10.1 Å². The smallest absolute Gasteiger partial charge is 0.339 e. The lowest BCUT2D eigenvalue weighted by Crippen LogP contribution is -2.19. The average Bonchev–Trinajstić information content (AvgIpc) is 2.69. The van der Waals surface area contributed by atoms with Crippen molar-refractivity contribution in [2.75, 3.05) is 18.5 Å². The van der Waals surface area contributed by atoms with Crippen LogP contribution < -0.4 is 9.08 Å². The fourth-order valence-electron chi connectivity index (χ4n) is 2.58. The molecule has 5 heteroatoms. The van der Waals surface area contributed by atoms with Gasteiger partial charge in [-0.05, 0) is 43.3 Å². The van der Waals surface area contributed by atoms with Crippen LogP contribution in [0.15, 0.2) is 83.8 Å². The summed E-state index contributed by atoms with van der Waals surface area (Å²) >= 11 is 0. The van der Waals surface area contributed by atoms with E-state index in [2.05, 4.69) is 11.8 Å². The third kappa shape index (κ3) is 4.93. The highest BCUT2D eigenvalue weighted by Gasteiger charge is 2.19. The van der Waals surface area contributed by atoms with Gasteiger partial charge in [-0.1, -0.05) is 59.9 Å². The van der Waals surface area contributed by atoms with Crippen LogP contribution in [0.25, 0.3) is 0 Å². The Kier molecular flexibility index (Phi) is 6.03. The van der Waals surface area contributed by atoms with Crippen molar-refractivity contribution in [1.82, 2.24) is 0 Å². The van der Waals surface area contributed by atoms with Gasteiger partial charge in [-0.2, -0.15) is 8.42 Å². The molecule has 0 radical (unpaired) electrons. The van der Waals surface area contributed by atoms with E-state index < -0.39 is 10.1 Å². The molecule has 3 aromatic carbocycles. The Hall–Kier alpha value is -3.23. The number of rotatable bonds is 5. The van der Waals surface area contributed by atoms with Crippen LogP contribution in [0.3, 0.4) is 0 Å². The van der Waals surface area contributed by atoms with Crippen molar-refractivity contribution in [2.24, 2.45) is 0 Å². The first-order valence-electron chi connectivity index (χ1n) is 8.81. The Morgan fingerprint density at radius 3 is 2.25 bits per heavy atom. The highest BCUT2D eigenvalue weighted by Crippen LogP contribution is 2.29. The van der Waals surface area contributed by atoms with E-state index in [1.54, 1.807) is 36.4 Å². The monoisotopic (exact) mass is 391 g/mol. The lowest BCUT2D eigenvalue weighted by Gasteiger charge is -2.19. The zero-order valence-electron chi connectivity index (χ0n) is 15.8. The third-order valence-corrected chi connectivity index (χ3v) is 5.36. The molecule has 0 spiro atoms. The summed E-state index contributed by atoms with van der Waals surface area (Å²) in [5, 5.41) is 0. The van der Waals surface area contributed by atoms with Crippen molar-refractivity contribution >= 4 is 15.8 Å². The minimum absolute atomic E-state index is 0.124. The van der Waals surface area contributed by atoms with Crippen LogP contribution in [0.1, 0.15) is 11.1 Å². The highest BCUT2D eigenvalue weighted by molar-refractivity contribution is 7.87. The maximum absolute atomic E-state index is 12.6. The predicted molar refractivity (Wildman–Crippen MR) is 112 cm³/mol. The van der Waals surface area contributed by atoms with Crippen LogP contribution in [-0.4, -0.2) is 22.0 Å². The van der Waals surface area contributed by atoms with Crippen molar-refractivity contribution < 1.29 is 12.6 Å². The van der Waals surface area contributed by atoms with Gasteiger partial charge in [0.15, 0.2) is 5.75 Å². The van der Waals surface area contributed by atoms with Gasteiger partial charge in [0.1, 0.15) is 4.90 Å². The number of aryl methyl sites for hydroxylation is 1. The highest BCUT2D eigenvalue weighted by atomic mass is 32.2. The number of para-hydroxylation sites is 2. The normalized spacial score (nSPS) is 10.6. The molecule has 0 aliphatic carbocycles. The van der Waals surface area contributed by atoms with Gasteiger partial charge in [-0.15, -0.1) is 0 Å². The molecule has 4 nitrogen and oxygen atoms in total. The van der Waals surface area contributed by atoms with Gasteiger partial charge in [0.05, 0.1) is 12.2 Å². The molecule has 0 amide bonds. The molecule has 0 saturated heterocycles. The molecule has 0 heterocycles. The lowest BCUT2D eigenvalue weighted by atomic mass is 10.2. The van der Waals surface area contributed by atoms with Crippen molar-refractivity contribution in [3.63, 3.8) is 0 Å². The minimum Gasteiger partial charge on any atom is -0.377 e. The third-order valence-electron chi connectivity index (χ3n) is 4.11. The summed E-state index contributed by atoms with van der Waals surface area (Å²) in [6, 6.07) is 23.3. The molecule has 0 aliphatic rings. The Bertz CT molecular complexity index is 1100. The van der Waals surface area contributed by atoms with Gasteiger partial charge in [-0.3, -0.25) is 0 Å². The summed E-state index contributed by atoms with van der Waals surface area (Å²) in [7, 11) is -2.06. The molecule has 142 valence electrons. The molecule has 3 aromatic rings. The number of anilines is 1. The summed E-state index contributed by atoms with van der Waals surface area (Å²) in [6.45, 7) is 2.33. The molecule has 28 heavy (non-hydrogen) atoms. The van der Waals surface area contributed by atoms with Gasteiger partial charge in [0.25, 0.3) is 0 Å². The molecule has 0 saturated carbocycles. The zero-order valence-corrected chi connectivity index (χ0v) is 16.6. The molecular weight excluding hydrogens is 370 g/mol. The van der Waals surface area contributed by atoms with Gasteiger partial charge < -0.3 is 9.08 Å². The van der Waals surface area contributed by atoms with E-state index in [0.29, 0.717) is 12.2 Å². The second kappa shape index (κ2) is 8.64. The second-order valence-electron chi connectivity index (χ2n) is 6.34. The average molecular weight is 391 g/mol. The van der Waals surface area contributed by atoms with Crippen LogP contribution in [0.4, 0.5) is 5.69 Å². The number of hydrogen-bond acceptors (Lipinski definition) is 4. The maximum Gasteiger partial charge on any atom is 0.339 e. The predicted octanol–water partition coefficient (Wildman–Crippen LogP) is 4.25. The Balaban J connectivity index is 1.79. The Labute approximate surface area is 166 Å². The van der Waals surface area contributed by atoms with E-state index in [4.69, 9.17) is 4.18 Å². The lowest BCUT2D eigenvalue weighted by molar-refractivity contribution is 0.486. The number of nitrogens with zero attached hydrogens (tertiary/aromatic N) is 1. The molecule has 0 atom stereocenters. The summed E-state index contributed by atoms with van der Waals surface area (Å²) in [5.74, 6) is 6.46. The molecule has 0 unspecified atom stereocenters. The topological polar surface area (TPSA) is 46.6 Å². The Morgan fingerprint density at radius 2 is 1.54 bits per heavy atom. The van der Waals surface area contributed by atoms with Crippen LogP contribution in [0.5, 0.6) is 5.75 Å². The van der Waals surface area contributed by atoms with E-state index >= 15 is 0 Å². The molecule has 0 bridgehead atoms. The number of hydrogen-bond donors (Lipinski definition) is 0. The molecule has 0 fully saturated rings. The van der Waals surface area contributed by atoms with Gasteiger partial charge >= 0.3 is 10.1 Å². The standard InChI is InChI=1S/C23H21NO3S/c1-19-14-16-21(17-15-19)28(25,26)27-23-13-7-6-12-22(23)24(2)18-8-11-20-9-4-3-5-10-20/h3-7,9-10,12-17H,18H2,1-2H3. The zero-order chi connectivity index (χ0) is 20.0. The van der Waals surface area contributed by atoms with Gasteiger partial charge in [-0.25, -0.2) is 0 Å². The van der Waals surface area contributed by atoms with E-state index in [-0.39, 0.29) is 10.6 Å². The van der Waals surface area contributed by atoms with Crippen molar-refractivity contribution in [3.05, 3.63) is 90.0 Å². The van der Waals surface area contributed by atoms with E-state index in [0.717, 1.165) is 11.1 Å². The summed E-state index contributed by atoms with van der Waals surface area (Å²) in [5.41, 5.74) is 2.57. The van der Waals surface area contributed by atoms with Gasteiger partial charge in [0.2, 0.25) is 0 Å². The quantitative estimate of drug-likeness (QED) is 0.482. The number of benzene rings is 3. The first-order valence-corrected chi connectivity index (χ1v) is 10.2. The summed E-state index contributed by atoms with van der Waals surface area (Å²) in [6.07, 6.45) is 0. The minimum atomic E-state index is -3.91. The summed E-state index contributed by atoms with van der Waals surface area (Å²) < 4.78 is 30.7.